The standard InChI is InChI=1S/C19H19NO/c1-20-19(15-9-5-10-16(13-15)21-2)18-12-6-8-14-7-3-4-11-17(14)18/h3-13,19-20H,1-2H3. The minimum Gasteiger partial charge on any atom is -0.497 e. The average Bonchev–Trinajstić information content (AvgIpc) is 2.56. The molecule has 0 radical (unpaired) electrons. The Balaban J connectivity index is 2.13. The number of rotatable bonds is 4. The van der Waals surface area contributed by atoms with Crippen molar-refractivity contribution in [2.75, 3.05) is 14.2 Å². The Labute approximate surface area is 125 Å². The van der Waals surface area contributed by atoms with Crippen LogP contribution in [0.5, 0.6) is 5.75 Å². The first-order valence-electron chi connectivity index (χ1n) is 7.12. The van der Waals surface area contributed by atoms with Gasteiger partial charge in [-0.25, -0.2) is 0 Å². The zero-order valence-corrected chi connectivity index (χ0v) is 12.3. The van der Waals surface area contributed by atoms with Crippen molar-refractivity contribution in [2.45, 2.75) is 6.04 Å². The van der Waals surface area contributed by atoms with Crippen molar-refractivity contribution < 1.29 is 4.74 Å². The highest BCUT2D eigenvalue weighted by Gasteiger charge is 2.15. The number of ether oxygens (including phenoxy) is 1. The molecule has 0 spiro atoms. The second-order valence-corrected chi connectivity index (χ2v) is 5.07. The van der Waals surface area contributed by atoms with Crippen LogP contribution in [0.3, 0.4) is 0 Å². The van der Waals surface area contributed by atoms with E-state index < -0.39 is 0 Å². The fraction of sp³-hybridized carbons (Fsp3) is 0.158. The molecule has 0 fully saturated rings. The molecule has 0 aliphatic rings. The Hall–Kier alpha value is -2.32. The van der Waals surface area contributed by atoms with E-state index >= 15 is 0 Å². The lowest BCUT2D eigenvalue weighted by Gasteiger charge is -2.20. The Bertz CT molecular complexity index is 746. The largest absolute Gasteiger partial charge is 0.497 e. The molecule has 1 atom stereocenters. The van der Waals surface area contributed by atoms with Crippen LogP contribution in [-0.2, 0) is 0 Å². The lowest BCUT2D eigenvalue weighted by atomic mass is 9.94. The highest BCUT2D eigenvalue weighted by Crippen LogP contribution is 2.30. The second-order valence-electron chi connectivity index (χ2n) is 5.07. The molecule has 0 saturated heterocycles. The lowest BCUT2D eigenvalue weighted by molar-refractivity contribution is 0.414. The number of nitrogens with one attached hydrogen (secondary N) is 1. The van der Waals surface area contributed by atoms with Crippen molar-refractivity contribution in [3.05, 3.63) is 77.9 Å². The normalized spacial score (nSPS) is 12.3. The maximum Gasteiger partial charge on any atom is 0.119 e. The zero-order chi connectivity index (χ0) is 14.7. The van der Waals surface area contributed by atoms with Crippen LogP contribution in [0.1, 0.15) is 17.2 Å². The molecule has 3 aromatic carbocycles. The van der Waals surface area contributed by atoms with Crippen LogP contribution in [0, 0.1) is 0 Å². The van der Waals surface area contributed by atoms with Crippen LogP contribution in [0.4, 0.5) is 0 Å². The molecule has 0 aromatic heterocycles. The van der Waals surface area contributed by atoms with Gasteiger partial charge in [-0.2, -0.15) is 0 Å². The van der Waals surface area contributed by atoms with E-state index in [4.69, 9.17) is 4.74 Å². The predicted molar refractivity (Wildman–Crippen MR) is 87.8 cm³/mol. The molecule has 0 heterocycles. The fourth-order valence-corrected chi connectivity index (χ4v) is 2.82. The SMILES string of the molecule is CNC(c1cccc(OC)c1)c1cccc2ccccc12. The number of hydrogen-bond acceptors (Lipinski definition) is 2. The van der Waals surface area contributed by atoms with E-state index in [0.717, 1.165) is 5.75 Å². The van der Waals surface area contributed by atoms with Gasteiger partial charge in [0.1, 0.15) is 5.75 Å². The summed E-state index contributed by atoms with van der Waals surface area (Å²) in [6, 6.07) is 23.3. The van der Waals surface area contributed by atoms with Crippen molar-refractivity contribution in [2.24, 2.45) is 0 Å². The van der Waals surface area contributed by atoms with Crippen LogP contribution in [0.2, 0.25) is 0 Å². The van der Waals surface area contributed by atoms with Gasteiger partial charge >= 0.3 is 0 Å². The molecule has 2 nitrogen and oxygen atoms in total. The number of hydrogen-bond donors (Lipinski definition) is 1. The lowest BCUT2D eigenvalue weighted by Crippen LogP contribution is -2.18. The maximum atomic E-state index is 5.35. The molecule has 3 rings (SSSR count). The molecule has 106 valence electrons. The van der Waals surface area contributed by atoms with Gasteiger partial charge in [0.2, 0.25) is 0 Å². The van der Waals surface area contributed by atoms with Gasteiger partial charge in [-0.05, 0) is 41.1 Å². The quantitative estimate of drug-likeness (QED) is 0.773. The third-order valence-electron chi connectivity index (χ3n) is 3.85. The third-order valence-corrected chi connectivity index (χ3v) is 3.85. The van der Waals surface area contributed by atoms with Crippen molar-refractivity contribution >= 4 is 10.8 Å². The summed E-state index contributed by atoms with van der Waals surface area (Å²) in [5, 5.41) is 5.96. The van der Waals surface area contributed by atoms with E-state index in [9.17, 15) is 0 Å². The predicted octanol–water partition coefficient (Wildman–Crippen LogP) is 4.16. The van der Waals surface area contributed by atoms with Crippen molar-refractivity contribution in [3.63, 3.8) is 0 Å². The molecule has 1 N–H and O–H groups in total. The van der Waals surface area contributed by atoms with Gasteiger partial charge in [0.15, 0.2) is 0 Å². The molecule has 0 amide bonds. The number of fused-ring (bicyclic) bond motifs is 1. The maximum absolute atomic E-state index is 5.35. The molecule has 3 aromatic rings. The summed E-state index contributed by atoms with van der Waals surface area (Å²) in [7, 11) is 3.69. The molecule has 0 aliphatic heterocycles. The average molecular weight is 277 g/mol. The summed E-state index contributed by atoms with van der Waals surface area (Å²) in [4.78, 5) is 0. The summed E-state index contributed by atoms with van der Waals surface area (Å²) in [5.41, 5.74) is 2.48. The van der Waals surface area contributed by atoms with E-state index in [1.54, 1.807) is 7.11 Å². The van der Waals surface area contributed by atoms with Gasteiger partial charge in [0, 0.05) is 0 Å². The van der Waals surface area contributed by atoms with E-state index in [0.29, 0.717) is 0 Å². The summed E-state index contributed by atoms with van der Waals surface area (Å²) in [6.07, 6.45) is 0. The van der Waals surface area contributed by atoms with Crippen LogP contribution in [0.25, 0.3) is 10.8 Å². The first-order valence-corrected chi connectivity index (χ1v) is 7.12. The minimum atomic E-state index is 0.145. The zero-order valence-electron chi connectivity index (χ0n) is 12.3. The van der Waals surface area contributed by atoms with E-state index in [-0.39, 0.29) is 6.04 Å². The molecule has 2 heteroatoms. The van der Waals surface area contributed by atoms with E-state index in [1.165, 1.54) is 21.9 Å². The van der Waals surface area contributed by atoms with Crippen LogP contribution < -0.4 is 10.1 Å². The fourth-order valence-electron chi connectivity index (χ4n) is 2.82. The summed E-state index contributed by atoms with van der Waals surface area (Å²) in [6.45, 7) is 0. The molecular weight excluding hydrogens is 258 g/mol. The Kier molecular flexibility index (Phi) is 3.89. The first kappa shape index (κ1) is 13.7. The van der Waals surface area contributed by atoms with Gasteiger partial charge in [0.05, 0.1) is 13.2 Å². The van der Waals surface area contributed by atoms with Gasteiger partial charge < -0.3 is 10.1 Å². The summed E-state index contributed by atoms with van der Waals surface area (Å²) in [5.74, 6) is 0.882. The Morgan fingerprint density at radius 1 is 0.905 bits per heavy atom. The Morgan fingerprint density at radius 3 is 2.48 bits per heavy atom. The Morgan fingerprint density at radius 2 is 1.67 bits per heavy atom. The molecule has 1 unspecified atom stereocenters. The molecule has 0 saturated carbocycles. The number of methoxy groups -OCH3 is 1. The molecule has 0 aliphatic carbocycles. The topological polar surface area (TPSA) is 21.3 Å². The molecule has 21 heavy (non-hydrogen) atoms. The van der Waals surface area contributed by atoms with Gasteiger partial charge in [-0.15, -0.1) is 0 Å². The number of benzene rings is 3. The van der Waals surface area contributed by atoms with E-state index in [1.807, 2.05) is 19.2 Å². The monoisotopic (exact) mass is 277 g/mol. The third kappa shape index (κ3) is 2.63. The molecular formula is C19H19NO. The van der Waals surface area contributed by atoms with Crippen molar-refractivity contribution in [3.8, 4) is 5.75 Å². The summed E-state index contributed by atoms with van der Waals surface area (Å²) < 4.78 is 5.35. The highest BCUT2D eigenvalue weighted by atomic mass is 16.5. The second kappa shape index (κ2) is 5.98. The van der Waals surface area contributed by atoms with Crippen LogP contribution in [-0.4, -0.2) is 14.2 Å². The first-order chi connectivity index (χ1) is 10.3. The minimum absolute atomic E-state index is 0.145. The van der Waals surface area contributed by atoms with Gasteiger partial charge in [0.25, 0.3) is 0 Å². The van der Waals surface area contributed by atoms with Crippen LogP contribution >= 0.6 is 0 Å². The van der Waals surface area contributed by atoms with E-state index in [2.05, 4.69) is 59.9 Å². The summed E-state index contributed by atoms with van der Waals surface area (Å²) >= 11 is 0. The van der Waals surface area contributed by atoms with Gasteiger partial charge in [-0.3, -0.25) is 0 Å². The van der Waals surface area contributed by atoms with Gasteiger partial charge in [-0.1, -0.05) is 54.6 Å². The van der Waals surface area contributed by atoms with Crippen molar-refractivity contribution in [1.29, 1.82) is 0 Å². The van der Waals surface area contributed by atoms with Crippen LogP contribution in [0.15, 0.2) is 66.7 Å². The molecule has 0 bridgehead atoms. The smallest absolute Gasteiger partial charge is 0.119 e. The van der Waals surface area contributed by atoms with Crippen molar-refractivity contribution in [1.82, 2.24) is 5.32 Å². The highest BCUT2D eigenvalue weighted by molar-refractivity contribution is 5.86.